The van der Waals surface area contributed by atoms with Gasteiger partial charge in [-0.3, -0.25) is 4.79 Å². The molecule has 30 heavy (non-hydrogen) atoms. The van der Waals surface area contributed by atoms with Gasteiger partial charge in [0.15, 0.2) is 0 Å². The monoisotopic (exact) mass is 432 g/mol. The number of hydrogen-bond donors (Lipinski definition) is 1. The summed E-state index contributed by atoms with van der Waals surface area (Å²) in [6.45, 7) is 0. The van der Waals surface area contributed by atoms with Gasteiger partial charge in [-0.2, -0.15) is 0 Å². The molecule has 1 heterocycles. The third kappa shape index (κ3) is 2.84. The van der Waals surface area contributed by atoms with Crippen molar-refractivity contribution in [2.45, 2.75) is 0 Å². The maximum atomic E-state index is 13.3. The Bertz CT molecular complexity index is 1560. The first-order valence-corrected chi connectivity index (χ1v) is 10.0. The number of nitrogens with zero attached hydrogens (tertiary/aromatic N) is 1. The summed E-state index contributed by atoms with van der Waals surface area (Å²) < 4.78 is 1.15. The van der Waals surface area contributed by atoms with Crippen LogP contribution in [0.1, 0.15) is 0 Å². The zero-order valence-electron chi connectivity index (χ0n) is 15.5. The van der Waals surface area contributed by atoms with E-state index < -0.39 is 11.2 Å². The van der Waals surface area contributed by atoms with E-state index in [4.69, 9.17) is 23.2 Å². The van der Waals surface area contributed by atoms with E-state index in [9.17, 15) is 9.59 Å². The van der Waals surface area contributed by atoms with Gasteiger partial charge in [-0.25, -0.2) is 9.36 Å². The minimum Gasteiger partial charge on any atom is -0.305 e. The average Bonchev–Trinajstić information content (AvgIpc) is 2.75. The largest absolute Gasteiger partial charge is 0.333 e. The van der Waals surface area contributed by atoms with Crippen LogP contribution in [0.4, 0.5) is 0 Å². The number of halogens is 2. The van der Waals surface area contributed by atoms with Crippen LogP contribution in [-0.2, 0) is 0 Å². The van der Waals surface area contributed by atoms with E-state index in [1.54, 1.807) is 24.3 Å². The van der Waals surface area contributed by atoms with Crippen LogP contribution in [0.3, 0.4) is 0 Å². The van der Waals surface area contributed by atoms with Crippen molar-refractivity contribution in [3.05, 3.63) is 110 Å². The molecule has 0 atom stereocenters. The first kappa shape index (κ1) is 18.7. The van der Waals surface area contributed by atoms with Crippen molar-refractivity contribution in [1.29, 1.82) is 0 Å². The normalized spacial score (nSPS) is 11.3. The summed E-state index contributed by atoms with van der Waals surface area (Å²) in [5.74, 6) is 0. The van der Waals surface area contributed by atoms with Crippen molar-refractivity contribution in [1.82, 2.24) is 9.55 Å². The molecular formula is C24H14Cl2N2O2. The van der Waals surface area contributed by atoms with E-state index in [0.29, 0.717) is 27.2 Å². The van der Waals surface area contributed by atoms with Crippen molar-refractivity contribution in [2.75, 3.05) is 0 Å². The molecule has 0 aliphatic rings. The van der Waals surface area contributed by atoms with Gasteiger partial charge < -0.3 is 4.98 Å². The van der Waals surface area contributed by atoms with E-state index in [-0.39, 0.29) is 5.02 Å². The van der Waals surface area contributed by atoms with E-state index >= 15 is 0 Å². The van der Waals surface area contributed by atoms with Gasteiger partial charge in [0.2, 0.25) is 0 Å². The highest BCUT2D eigenvalue weighted by Gasteiger charge is 2.17. The van der Waals surface area contributed by atoms with Crippen molar-refractivity contribution in [2.24, 2.45) is 0 Å². The highest BCUT2D eigenvalue weighted by atomic mass is 35.5. The lowest BCUT2D eigenvalue weighted by Crippen LogP contribution is -2.33. The summed E-state index contributed by atoms with van der Waals surface area (Å²) in [5.41, 5.74) is 1.20. The molecule has 6 heteroatoms. The molecule has 5 rings (SSSR count). The molecule has 1 N–H and O–H groups in total. The van der Waals surface area contributed by atoms with Crippen LogP contribution < -0.4 is 11.2 Å². The van der Waals surface area contributed by atoms with Crippen LogP contribution in [0.15, 0.2) is 88.5 Å². The van der Waals surface area contributed by atoms with Crippen LogP contribution in [0, 0.1) is 0 Å². The molecule has 1 aromatic heterocycles. The number of H-pyrrole nitrogens is 1. The lowest BCUT2D eigenvalue weighted by atomic mass is 10.0. The predicted molar refractivity (Wildman–Crippen MR) is 123 cm³/mol. The van der Waals surface area contributed by atoms with Crippen molar-refractivity contribution in [3.8, 4) is 16.8 Å². The summed E-state index contributed by atoms with van der Waals surface area (Å²) in [7, 11) is 0. The summed E-state index contributed by atoms with van der Waals surface area (Å²) in [5, 5.41) is 2.88. The summed E-state index contributed by atoms with van der Waals surface area (Å²) in [6, 6.07) is 23.8. The first-order valence-electron chi connectivity index (χ1n) is 9.27. The Hall–Kier alpha value is -3.34. The summed E-state index contributed by atoms with van der Waals surface area (Å²) >= 11 is 12.9. The van der Waals surface area contributed by atoms with Gasteiger partial charge >= 0.3 is 5.69 Å². The van der Waals surface area contributed by atoms with Gasteiger partial charge in [0, 0.05) is 21.5 Å². The number of fused-ring (bicyclic) bond motifs is 2. The third-order valence-electron chi connectivity index (χ3n) is 5.18. The minimum atomic E-state index is -0.554. The standard InChI is InChI=1S/C24H14Cl2N2O2/c25-19-10-4-3-9-16(19)17-12-13-18-22(21(17)26)27-24(30)28(23(18)29)20-11-5-7-14-6-1-2-8-15(14)20/h1-13H,(H,27,30). The Morgan fingerprint density at radius 2 is 1.43 bits per heavy atom. The second-order valence-electron chi connectivity index (χ2n) is 6.90. The molecule has 0 aliphatic heterocycles. The van der Waals surface area contributed by atoms with E-state index in [0.717, 1.165) is 20.9 Å². The maximum Gasteiger partial charge on any atom is 0.333 e. The lowest BCUT2D eigenvalue weighted by Gasteiger charge is -2.12. The zero-order valence-corrected chi connectivity index (χ0v) is 17.0. The van der Waals surface area contributed by atoms with Crippen molar-refractivity contribution < 1.29 is 0 Å². The van der Waals surface area contributed by atoms with Crippen molar-refractivity contribution in [3.63, 3.8) is 0 Å². The highest BCUT2D eigenvalue weighted by Crippen LogP contribution is 2.36. The topological polar surface area (TPSA) is 54.9 Å². The van der Waals surface area contributed by atoms with E-state index in [2.05, 4.69) is 4.98 Å². The van der Waals surface area contributed by atoms with Gasteiger partial charge in [0.25, 0.3) is 5.56 Å². The molecule has 0 saturated carbocycles. The first-order chi connectivity index (χ1) is 14.6. The molecule has 146 valence electrons. The molecule has 0 fully saturated rings. The van der Waals surface area contributed by atoms with Crippen LogP contribution >= 0.6 is 23.2 Å². The molecule has 0 saturated heterocycles. The Labute approximate surface area is 180 Å². The molecule has 4 aromatic carbocycles. The summed E-state index contributed by atoms with van der Waals surface area (Å²) in [6.07, 6.45) is 0. The van der Waals surface area contributed by atoms with Crippen LogP contribution in [0.25, 0.3) is 38.5 Å². The second-order valence-corrected chi connectivity index (χ2v) is 7.68. The number of benzene rings is 4. The quantitative estimate of drug-likeness (QED) is 0.382. The van der Waals surface area contributed by atoms with Gasteiger partial charge in [-0.15, -0.1) is 0 Å². The lowest BCUT2D eigenvalue weighted by molar-refractivity contribution is 0.908. The Balaban J connectivity index is 1.82. The fraction of sp³-hybridized carbons (Fsp3) is 0. The number of aromatic amines is 1. The fourth-order valence-electron chi connectivity index (χ4n) is 3.76. The highest BCUT2D eigenvalue weighted by molar-refractivity contribution is 6.39. The smallest absolute Gasteiger partial charge is 0.305 e. The van der Waals surface area contributed by atoms with E-state index in [1.807, 2.05) is 54.6 Å². The second kappa shape index (κ2) is 7.17. The molecule has 4 nitrogen and oxygen atoms in total. The Morgan fingerprint density at radius 3 is 2.27 bits per heavy atom. The number of rotatable bonds is 2. The van der Waals surface area contributed by atoms with Gasteiger partial charge in [0.05, 0.1) is 21.6 Å². The molecular weight excluding hydrogens is 419 g/mol. The number of aromatic nitrogens is 2. The number of hydrogen-bond acceptors (Lipinski definition) is 2. The Morgan fingerprint density at radius 1 is 0.700 bits per heavy atom. The van der Waals surface area contributed by atoms with Crippen molar-refractivity contribution >= 4 is 44.9 Å². The van der Waals surface area contributed by atoms with Crippen LogP contribution in [0.2, 0.25) is 10.0 Å². The van der Waals surface area contributed by atoms with Gasteiger partial charge in [-0.1, -0.05) is 83.9 Å². The molecule has 5 aromatic rings. The SMILES string of the molecule is O=c1[nH]c2c(Cl)c(-c3ccccc3Cl)ccc2c(=O)n1-c1cccc2ccccc12. The minimum absolute atomic E-state index is 0.278. The maximum absolute atomic E-state index is 13.3. The average molecular weight is 433 g/mol. The summed E-state index contributed by atoms with van der Waals surface area (Å²) in [4.78, 5) is 29.1. The predicted octanol–water partition coefficient (Wildman–Crippen LogP) is 5.81. The van der Waals surface area contributed by atoms with Gasteiger partial charge in [0.1, 0.15) is 0 Å². The molecule has 0 bridgehead atoms. The molecule has 0 radical (unpaired) electrons. The van der Waals surface area contributed by atoms with E-state index in [1.165, 1.54) is 0 Å². The molecule has 0 spiro atoms. The molecule has 0 aliphatic carbocycles. The Kier molecular flexibility index (Phi) is 4.46. The molecule has 0 amide bonds. The molecule has 0 unspecified atom stereocenters. The third-order valence-corrected chi connectivity index (χ3v) is 5.90. The van der Waals surface area contributed by atoms with Crippen LogP contribution in [0.5, 0.6) is 0 Å². The number of nitrogens with one attached hydrogen (secondary N) is 1. The van der Waals surface area contributed by atoms with Crippen LogP contribution in [-0.4, -0.2) is 9.55 Å². The zero-order chi connectivity index (χ0) is 20.8. The fourth-order valence-corrected chi connectivity index (χ4v) is 4.31. The van der Waals surface area contributed by atoms with Gasteiger partial charge in [-0.05, 0) is 23.6 Å².